The highest BCUT2D eigenvalue weighted by atomic mass is 16.1. The Morgan fingerprint density at radius 3 is 2.57 bits per heavy atom. The summed E-state index contributed by atoms with van der Waals surface area (Å²) in [6, 6.07) is 12.8. The quantitative estimate of drug-likeness (QED) is 0.330. The van der Waals surface area contributed by atoms with E-state index in [9.17, 15) is 4.79 Å². The zero-order chi connectivity index (χ0) is 16.4. The number of hydrogen-bond donors (Lipinski definition) is 4. The number of rotatable bonds is 5. The number of hydrogen-bond acceptors (Lipinski definition) is 4. The molecule has 0 aliphatic carbocycles. The van der Waals surface area contributed by atoms with Crippen molar-refractivity contribution < 1.29 is 4.79 Å². The highest BCUT2D eigenvalue weighted by Crippen LogP contribution is 2.16. The van der Waals surface area contributed by atoms with Crippen LogP contribution in [0.5, 0.6) is 0 Å². The molecule has 0 aliphatic rings. The van der Waals surface area contributed by atoms with Crippen molar-refractivity contribution in [2.75, 3.05) is 5.32 Å². The number of anilines is 1. The van der Waals surface area contributed by atoms with Crippen molar-refractivity contribution in [2.24, 2.45) is 5.73 Å². The molecule has 0 aliphatic heterocycles. The van der Waals surface area contributed by atoms with E-state index < -0.39 is 0 Å². The van der Waals surface area contributed by atoms with Gasteiger partial charge in [0.25, 0.3) is 0 Å². The normalized spacial score (nSPS) is 10.7. The van der Waals surface area contributed by atoms with Crippen molar-refractivity contribution in [3.05, 3.63) is 59.4 Å². The minimum Gasteiger partial charge on any atom is -0.384 e. The van der Waals surface area contributed by atoms with Crippen LogP contribution < -0.4 is 11.1 Å². The Labute approximate surface area is 133 Å². The Kier molecular flexibility index (Phi) is 3.80. The number of nitrogens with one attached hydrogen (secondary N) is 3. The van der Waals surface area contributed by atoms with Crippen LogP contribution in [0.2, 0.25) is 0 Å². The van der Waals surface area contributed by atoms with Crippen LogP contribution in [0, 0.1) is 5.41 Å². The van der Waals surface area contributed by atoms with Gasteiger partial charge in [0.15, 0.2) is 5.78 Å². The Morgan fingerprint density at radius 2 is 1.91 bits per heavy atom. The van der Waals surface area contributed by atoms with Crippen molar-refractivity contribution in [2.45, 2.75) is 13.5 Å². The number of amidine groups is 1. The van der Waals surface area contributed by atoms with E-state index in [2.05, 4.69) is 15.3 Å². The number of ketones is 1. The number of nitrogens with zero attached hydrogens (tertiary/aromatic N) is 1. The molecule has 23 heavy (non-hydrogen) atoms. The van der Waals surface area contributed by atoms with Gasteiger partial charge in [-0.1, -0.05) is 0 Å². The van der Waals surface area contributed by atoms with Crippen LogP contribution in [0.15, 0.2) is 42.5 Å². The van der Waals surface area contributed by atoms with Crippen LogP contribution in [0.25, 0.3) is 11.0 Å². The third kappa shape index (κ3) is 3.21. The van der Waals surface area contributed by atoms with Crippen LogP contribution >= 0.6 is 0 Å². The predicted molar refractivity (Wildman–Crippen MR) is 90.9 cm³/mol. The fourth-order valence-corrected chi connectivity index (χ4v) is 2.32. The van der Waals surface area contributed by atoms with Crippen LogP contribution in [0.1, 0.15) is 28.7 Å². The second-order valence-electron chi connectivity index (χ2n) is 5.32. The monoisotopic (exact) mass is 307 g/mol. The van der Waals surface area contributed by atoms with Gasteiger partial charge in [-0.05, 0) is 49.4 Å². The molecule has 0 spiro atoms. The zero-order valence-electron chi connectivity index (χ0n) is 12.7. The van der Waals surface area contributed by atoms with Gasteiger partial charge >= 0.3 is 0 Å². The Bertz CT molecular complexity index is 880. The lowest BCUT2D eigenvalue weighted by atomic mass is 10.1. The van der Waals surface area contributed by atoms with Gasteiger partial charge in [-0.2, -0.15) is 0 Å². The third-order valence-corrected chi connectivity index (χ3v) is 3.59. The summed E-state index contributed by atoms with van der Waals surface area (Å²) in [6.45, 7) is 2.08. The summed E-state index contributed by atoms with van der Waals surface area (Å²) in [6.07, 6.45) is 0. The van der Waals surface area contributed by atoms with Crippen molar-refractivity contribution in [3.63, 3.8) is 0 Å². The average Bonchev–Trinajstić information content (AvgIpc) is 2.95. The fraction of sp³-hybridized carbons (Fsp3) is 0.118. The first-order valence-corrected chi connectivity index (χ1v) is 7.21. The number of nitrogen functional groups attached to an aromatic ring is 1. The molecule has 6 nitrogen and oxygen atoms in total. The maximum Gasteiger partial charge on any atom is 0.159 e. The number of carbonyl (C=O) groups is 1. The number of Topliss-reactive ketones (excluding diaryl/α,β-unsaturated/α-hetero) is 1. The molecule has 1 heterocycles. The lowest BCUT2D eigenvalue weighted by molar-refractivity contribution is 0.101. The molecule has 0 unspecified atom stereocenters. The molecule has 116 valence electrons. The average molecular weight is 307 g/mol. The number of carbonyl (C=O) groups excluding carboxylic acids is 1. The first-order valence-electron chi connectivity index (χ1n) is 7.21. The lowest BCUT2D eigenvalue weighted by Gasteiger charge is -2.05. The summed E-state index contributed by atoms with van der Waals surface area (Å²) < 4.78 is 0. The molecule has 2 aromatic carbocycles. The fourth-order valence-electron chi connectivity index (χ4n) is 2.32. The SMILES string of the molecule is CC(=O)c1ccc2nc(CNc3ccc(C(=N)N)cc3)[nH]c2c1. The second-order valence-corrected chi connectivity index (χ2v) is 5.32. The first-order chi connectivity index (χ1) is 11.0. The van der Waals surface area contributed by atoms with Crippen LogP contribution in [-0.4, -0.2) is 21.6 Å². The maximum absolute atomic E-state index is 11.4. The standard InChI is InChI=1S/C17H17N5O/c1-10(23)12-4-7-14-15(8-12)22-16(21-14)9-20-13-5-2-11(3-6-13)17(18)19/h2-8,20H,9H2,1H3,(H3,18,19)(H,21,22). The largest absolute Gasteiger partial charge is 0.384 e. The molecular formula is C17H17N5O. The molecule has 0 saturated carbocycles. The van der Waals surface area contributed by atoms with Crippen LogP contribution in [0.4, 0.5) is 5.69 Å². The van der Waals surface area contributed by atoms with Crippen molar-refractivity contribution >= 4 is 28.3 Å². The van der Waals surface area contributed by atoms with E-state index in [0.29, 0.717) is 17.7 Å². The molecule has 0 amide bonds. The van der Waals surface area contributed by atoms with E-state index in [1.165, 1.54) is 0 Å². The molecule has 0 fully saturated rings. The summed E-state index contributed by atoms with van der Waals surface area (Å²) in [5, 5.41) is 10.6. The summed E-state index contributed by atoms with van der Waals surface area (Å²) in [5.74, 6) is 0.873. The van der Waals surface area contributed by atoms with E-state index in [0.717, 1.165) is 22.5 Å². The van der Waals surface area contributed by atoms with Crippen LogP contribution in [0.3, 0.4) is 0 Å². The molecule has 0 radical (unpaired) electrons. The lowest BCUT2D eigenvalue weighted by Crippen LogP contribution is -2.10. The minimum absolute atomic E-state index is 0.0340. The Hall–Kier alpha value is -3.15. The minimum atomic E-state index is 0.0340. The zero-order valence-corrected chi connectivity index (χ0v) is 12.7. The summed E-state index contributed by atoms with van der Waals surface area (Å²) in [5.41, 5.74) is 9.38. The van der Waals surface area contributed by atoms with E-state index in [-0.39, 0.29) is 11.6 Å². The molecule has 5 N–H and O–H groups in total. The van der Waals surface area contributed by atoms with Gasteiger partial charge in [-0.15, -0.1) is 0 Å². The van der Waals surface area contributed by atoms with Gasteiger partial charge in [0.2, 0.25) is 0 Å². The molecule has 1 aromatic heterocycles. The highest BCUT2D eigenvalue weighted by molar-refractivity contribution is 5.97. The Balaban J connectivity index is 1.74. The number of imidazole rings is 1. The van der Waals surface area contributed by atoms with Gasteiger partial charge in [0.05, 0.1) is 17.6 Å². The van der Waals surface area contributed by atoms with Gasteiger partial charge < -0.3 is 16.0 Å². The van der Waals surface area contributed by atoms with E-state index in [4.69, 9.17) is 11.1 Å². The highest BCUT2D eigenvalue weighted by Gasteiger charge is 2.06. The number of H-pyrrole nitrogens is 1. The Morgan fingerprint density at radius 1 is 1.22 bits per heavy atom. The third-order valence-electron chi connectivity index (χ3n) is 3.59. The molecule has 3 aromatic rings. The number of nitrogens with two attached hydrogens (primary N) is 1. The van der Waals surface area contributed by atoms with Crippen molar-refractivity contribution in [1.82, 2.24) is 9.97 Å². The summed E-state index contributed by atoms with van der Waals surface area (Å²) in [4.78, 5) is 19.1. The second kappa shape index (κ2) is 5.92. The van der Waals surface area contributed by atoms with Crippen molar-refractivity contribution in [1.29, 1.82) is 5.41 Å². The first kappa shape index (κ1) is 14.8. The number of aromatic nitrogens is 2. The van der Waals surface area contributed by atoms with Crippen molar-refractivity contribution in [3.8, 4) is 0 Å². The van der Waals surface area contributed by atoms with Gasteiger partial charge in [0, 0.05) is 16.8 Å². The smallest absolute Gasteiger partial charge is 0.159 e. The molecule has 6 heteroatoms. The molecule has 0 atom stereocenters. The topological polar surface area (TPSA) is 108 Å². The van der Waals surface area contributed by atoms with E-state index >= 15 is 0 Å². The number of aromatic amines is 1. The maximum atomic E-state index is 11.4. The van der Waals surface area contributed by atoms with Crippen LogP contribution in [-0.2, 0) is 6.54 Å². The molecule has 0 saturated heterocycles. The number of benzene rings is 2. The predicted octanol–water partition coefficient (Wildman–Crippen LogP) is 2.66. The molecule has 0 bridgehead atoms. The number of fused-ring (bicyclic) bond motifs is 1. The molecule has 3 rings (SSSR count). The van der Waals surface area contributed by atoms with E-state index in [1.54, 1.807) is 25.1 Å². The van der Waals surface area contributed by atoms with Gasteiger partial charge in [0.1, 0.15) is 11.7 Å². The van der Waals surface area contributed by atoms with Gasteiger partial charge in [-0.25, -0.2) is 4.98 Å². The summed E-state index contributed by atoms with van der Waals surface area (Å²) in [7, 11) is 0. The van der Waals surface area contributed by atoms with Gasteiger partial charge in [-0.3, -0.25) is 10.2 Å². The summed E-state index contributed by atoms with van der Waals surface area (Å²) >= 11 is 0. The van der Waals surface area contributed by atoms with E-state index in [1.807, 2.05) is 24.3 Å². The molecular weight excluding hydrogens is 290 g/mol.